The molecule has 69 heavy (non-hydrogen) atoms. The summed E-state index contributed by atoms with van der Waals surface area (Å²) in [4.78, 5) is 77.8. The fraction of sp³-hybridized carbons (Fsp3) is 0.460. The number of nitrogens with zero attached hydrogens (tertiary/aromatic N) is 6. The van der Waals surface area contributed by atoms with Gasteiger partial charge in [0.1, 0.15) is 35.3 Å². The molecule has 0 spiro atoms. The van der Waals surface area contributed by atoms with Crippen LogP contribution in [0.15, 0.2) is 55.0 Å². The molecule has 3 fully saturated rings. The number of carbonyl (C=O) groups excluding carboxylic acids is 4. The van der Waals surface area contributed by atoms with Crippen molar-refractivity contribution in [1.82, 2.24) is 49.9 Å². The highest BCUT2D eigenvalue weighted by atomic mass is 32.1. The van der Waals surface area contributed by atoms with Gasteiger partial charge in [0, 0.05) is 41.2 Å². The molecule has 4 unspecified atom stereocenters. The molecule has 1 saturated carbocycles. The van der Waals surface area contributed by atoms with Crippen molar-refractivity contribution in [1.29, 1.82) is 0 Å². The van der Waals surface area contributed by atoms with Crippen LogP contribution < -0.4 is 15.4 Å². The van der Waals surface area contributed by atoms with Crippen LogP contribution in [0.25, 0.3) is 44.7 Å². The number of amides is 4. The highest BCUT2D eigenvalue weighted by Crippen LogP contribution is 2.54. The summed E-state index contributed by atoms with van der Waals surface area (Å²) in [6.45, 7) is 12.2. The number of likely N-dealkylation sites (tertiary alicyclic amines) is 2. The lowest BCUT2D eigenvalue weighted by Gasteiger charge is -2.31. The summed E-state index contributed by atoms with van der Waals surface area (Å²) in [5.41, 5.74) is 4.53. The summed E-state index contributed by atoms with van der Waals surface area (Å²) in [6, 6.07) is 9.32. The Morgan fingerprint density at radius 3 is 2.13 bits per heavy atom. The molecule has 6 aromatic rings. The third-order valence-corrected chi connectivity index (χ3v) is 15.4. The molecule has 0 radical (unpaired) electrons. The average Bonchev–Trinajstić information content (AvgIpc) is 4.09. The Labute approximate surface area is 402 Å². The maximum atomic E-state index is 16.9. The summed E-state index contributed by atoms with van der Waals surface area (Å²) in [7, 11) is 2.55. The number of methoxy groups -OCH3 is 2. The van der Waals surface area contributed by atoms with Crippen molar-refractivity contribution in [2.24, 2.45) is 17.8 Å². The number of fused-ring (bicyclic) bond motifs is 6. The summed E-state index contributed by atoms with van der Waals surface area (Å²) in [6.07, 6.45) is 6.43. The molecular formula is C50H57FN10O7S. The first-order valence-electron chi connectivity index (χ1n) is 23.7. The first kappa shape index (κ1) is 46.0. The summed E-state index contributed by atoms with van der Waals surface area (Å²) in [5, 5.41) is 7.25. The Kier molecular flexibility index (Phi) is 12.0. The van der Waals surface area contributed by atoms with Gasteiger partial charge in [0.15, 0.2) is 0 Å². The smallest absolute Gasteiger partial charge is 0.407 e. The van der Waals surface area contributed by atoms with Crippen LogP contribution >= 0.6 is 11.3 Å². The Morgan fingerprint density at radius 2 is 1.48 bits per heavy atom. The quantitative estimate of drug-likeness (QED) is 0.0918. The van der Waals surface area contributed by atoms with Crippen LogP contribution in [0.4, 0.5) is 14.0 Å². The van der Waals surface area contributed by atoms with Crippen LogP contribution in [0, 0.1) is 23.6 Å². The van der Waals surface area contributed by atoms with Gasteiger partial charge in [-0.3, -0.25) is 14.2 Å². The van der Waals surface area contributed by atoms with Crippen LogP contribution in [-0.2, 0) is 19.1 Å². The molecule has 2 aromatic carbocycles. The SMILES string of the molecule is COC(=O)NC(C(=O)N1C2C[C@@H]2C[C@H]1c1ncc(-c2ccc3c(c2)cc2n3C(c3cnc(C(C)C)s3)Oc3cc(-c4cnc(C5CCCN5C(=O)[C@@H](NC(=O)OC)C(C)C)[nH]4)cc(F)c3-2)[nH]1)C(C)C. The number of hydrogen-bond acceptors (Lipinski definition) is 11. The molecule has 0 bridgehead atoms. The lowest BCUT2D eigenvalue weighted by atomic mass is 10.0. The van der Waals surface area contributed by atoms with Crippen molar-refractivity contribution in [2.75, 3.05) is 20.8 Å². The maximum absolute atomic E-state index is 16.9. The van der Waals surface area contributed by atoms with Crippen LogP contribution in [-0.4, -0.2) is 102 Å². The summed E-state index contributed by atoms with van der Waals surface area (Å²) in [5.74, 6) is 1.01. The minimum atomic E-state index is -0.775. The van der Waals surface area contributed by atoms with Crippen molar-refractivity contribution in [3.05, 3.63) is 82.3 Å². The normalized spacial score (nSPS) is 21.2. The van der Waals surface area contributed by atoms with Crippen LogP contribution in [0.1, 0.15) is 113 Å². The van der Waals surface area contributed by atoms with Crippen LogP contribution in [0.2, 0.25) is 0 Å². The van der Waals surface area contributed by atoms with E-state index in [0.717, 1.165) is 51.3 Å². The van der Waals surface area contributed by atoms with Crippen molar-refractivity contribution >= 4 is 46.2 Å². The third kappa shape index (κ3) is 8.27. The number of thiazole rings is 1. The van der Waals surface area contributed by atoms with E-state index in [-0.39, 0.29) is 47.7 Å². The standard InChI is InChI=1S/C50H57FN10O7S/c1-23(2)41(57-49(64)66-7)46(62)59-13-9-10-34(59)43-52-21-32(56-43)27-15-30(51)40-36-17-28-14-26(11-12-33(28)61(36)48(68-38(40)19-27)39-22-54-45(69-39)25(5)6)31-20-53-44(55-31)37-18-29-16-35(29)60(37)47(63)42(24(3)4)58-50(65)67-8/h11-12,14-15,17,19-25,29,34-35,37,41-42,48H,9-10,13,16,18H2,1-8H3,(H,52,56)(H,53,55)(H,57,64)(H,58,65)/t29-,34?,35?,37+,41+,42?,48?/m1/s1. The number of aromatic nitrogens is 6. The molecule has 362 valence electrons. The van der Waals surface area contributed by atoms with E-state index < -0.39 is 36.3 Å². The molecule has 7 heterocycles. The minimum absolute atomic E-state index is 0.101. The number of ether oxygens (including phenoxy) is 3. The second-order valence-corrected chi connectivity index (χ2v) is 20.7. The molecule has 1 aliphatic carbocycles. The van der Waals surface area contributed by atoms with Gasteiger partial charge in [0.2, 0.25) is 18.0 Å². The van der Waals surface area contributed by atoms with Gasteiger partial charge >= 0.3 is 12.2 Å². The molecule has 17 nitrogen and oxygen atoms in total. The molecule has 3 aliphatic heterocycles. The third-order valence-electron chi connectivity index (χ3n) is 14.0. The molecular weight excluding hydrogens is 904 g/mol. The number of hydrogen-bond donors (Lipinski definition) is 4. The van der Waals surface area contributed by atoms with Crippen molar-refractivity contribution in [2.45, 2.75) is 110 Å². The Balaban J connectivity index is 0.968. The molecule has 4 amide bonds. The fourth-order valence-electron chi connectivity index (χ4n) is 10.3. The number of rotatable bonds is 12. The number of halogens is 1. The number of aromatic amines is 2. The average molecular weight is 961 g/mol. The first-order valence-corrected chi connectivity index (χ1v) is 24.5. The number of alkyl carbamates (subject to hydrolysis) is 2. The zero-order valence-electron chi connectivity index (χ0n) is 39.8. The molecule has 10 rings (SSSR count). The van der Waals surface area contributed by atoms with E-state index in [4.69, 9.17) is 29.2 Å². The van der Waals surface area contributed by atoms with Crippen molar-refractivity contribution in [3.8, 4) is 39.5 Å². The van der Waals surface area contributed by atoms with Gasteiger partial charge in [-0.1, -0.05) is 47.6 Å². The number of carbonyl (C=O) groups is 4. The molecule has 2 saturated heterocycles. The number of H-pyrrole nitrogens is 2. The molecule has 4 aromatic heterocycles. The predicted octanol–water partition coefficient (Wildman–Crippen LogP) is 8.83. The second-order valence-electron chi connectivity index (χ2n) is 19.6. The largest absolute Gasteiger partial charge is 0.464 e. The molecule has 4 N–H and O–H groups in total. The summed E-state index contributed by atoms with van der Waals surface area (Å²) < 4.78 is 35.4. The number of piperidine rings is 1. The van der Waals surface area contributed by atoms with Gasteiger partial charge in [0.25, 0.3) is 0 Å². The van der Waals surface area contributed by atoms with Gasteiger partial charge < -0.3 is 44.6 Å². The Hall–Kier alpha value is -6.76. The highest BCUT2D eigenvalue weighted by Gasteiger charge is 2.56. The van der Waals surface area contributed by atoms with E-state index in [0.29, 0.717) is 58.8 Å². The lowest BCUT2D eigenvalue weighted by Crippen LogP contribution is -2.52. The molecule has 4 aliphatic rings. The van der Waals surface area contributed by atoms with Gasteiger partial charge in [0.05, 0.1) is 76.7 Å². The Bertz CT molecular complexity index is 2970. The fourth-order valence-corrected chi connectivity index (χ4v) is 11.3. The van der Waals surface area contributed by atoms with Gasteiger partial charge in [-0.15, -0.1) is 11.3 Å². The van der Waals surface area contributed by atoms with E-state index >= 15 is 4.39 Å². The molecule has 7 atom stereocenters. The topological polar surface area (TPSA) is 202 Å². The minimum Gasteiger partial charge on any atom is -0.464 e. The Morgan fingerprint density at radius 1 is 0.812 bits per heavy atom. The monoisotopic (exact) mass is 960 g/mol. The van der Waals surface area contributed by atoms with Gasteiger partial charge in [-0.05, 0) is 73.8 Å². The van der Waals surface area contributed by atoms with Crippen molar-refractivity contribution in [3.63, 3.8) is 0 Å². The van der Waals surface area contributed by atoms with E-state index in [1.807, 2.05) is 67.6 Å². The number of benzene rings is 2. The van der Waals surface area contributed by atoms with E-state index in [9.17, 15) is 19.2 Å². The van der Waals surface area contributed by atoms with Crippen molar-refractivity contribution < 1.29 is 37.8 Å². The number of imidazole rings is 2. The van der Waals surface area contributed by atoms with Gasteiger partial charge in [-0.2, -0.15) is 0 Å². The van der Waals surface area contributed by atoms with Crippen LogP contribution in [0.3, 0.4) is 0 Å². The second kappa shape index (κ2) is 18.0. The maximum Gasteiger partial charge on any atom is 0.407 e. The summed E-state index contributed by atoms with van der Waals surface area (Å²) >= 11 is 1.56. The zero-order valence-corrected chi connectivity index (χ0v) is 40.6. The van der Waals surface area contributed by atoms with E-state index in [1.54, 1.807) is 28.6 Å². The molecule has 19 heteroatoms. The highest BCUT2D eigenvalue weighted by molar-refractivity contribution is 7.11. The van der Waals surface area contributed by atoms with E-state index in [1.165, 1.54) is 20.3 Å². The predicted molar refractivity (Wildman–Crippen MR) is 256 cm³/mol. The first-order chi connectivity index (χ1) is 33.1. The van der Waals surface area contributed by atoms with E-state index in [2.05, 4.69) is 40.5 Å². The lowest BCUT2D eigenvalue weighted by molar-refractivity contribution is -0.137. The van der Waals surface area contributed by atoms with Gasteiger partial charge in [-0.25, -0.2) is 28.9 Å². The van der Waals surface area contributed by atoms with Crippen LogP contribution in [0.5, 0.6) is 5.75 Å². The zero-order chi connectivity index (χ0) is 48.6. The number of nitrogens with one attached hydrogen (secondary N) is 4.